The molecule has 0 bridgehead atoms. The van der Waals surface area contributed by atoms with Gasteiger partial charge in [-0.15, -0.1) is 0 Å². The largest absolute Gasteiger partial charge is 0.0874 e. The monoisotopic (exact) mass is 540 g/mol. The summed E-state index contributed by atoms with van der Waals surface area (Å²) in [6.45, 7) is 23.2. The summed E-state index contributed by atoms with van der Waals surface area (Å²) in [7, 11) is 0. The summed E-state index contributed by atoms with van der Waals surface area (Å²) < 4.78 is 0. The van der Waals surface area contributed by atoms with E-state index >= 15 is 0 Å². The molecule has 0 aromatic rings. The molecule has 0 spiro atoms. The van der Waals surface area contributed by atoms with Crippen LogP contribution in [0.15, 0.2) is 107 Å². The van der Waals surface area contributed by atoms with E-state index in [0.29, 0.717) is 28.6 Å². The van der Waals surface area contributed by atoms with E-state index in [1.807, 2.05) is 0 Å². The zero-order chi connectivity index (χ0) is 29.8. The van der Waals surface area contributed by atoms with E-state index < -0.39 is 0 Å². The summed E-state index contributed by atoms with van der Waals surface area (Å²) in [5, 5.41) is 0. The van der Waals surface area contributed by atoms with Gasteiger partial charge in [-0.25, -0.2) is 0 Å². The van der Waals surface area contributed by atoms with Crippen molar-refractivity contribution in [3.05, 3.63) is 107 Å². The Bertz CT molecular complexity index is 1080. The number of hydrogen-bond donors (Lipinski definition) is 0. The van der Waals surface area contributed by atoms with Gasteiger partial charge in [0.05, 0.1) is 0 Å². The molecule has 3 unspecified atom stereocenters. The zero-order valence-electron chi connectivity index (χ0n) is 27.7. The molecule has 0 nitrogen and oxygen atoms in total. The highest BCUT2D eigenvalue weighted by Gasteiger charge is 2.27. The van der Waals surface area contributed by atoms with E-state index in [4.69, 9.17) is 0 Å². The summed E-state index contributed by atoms with van der Waals surface area (Å²) in [5.41, 5.74) is 8.13. The lowest BCUT2D eigenvalue weighted by Gasteiger charge is -2.33. The normalized spacial score (nSPS) is 23.2. The minimum atomic E-state index is 0.300. The van der Waals surface area contributed by atoms with E-state index in [1.165, 1.54) is 49.7 Å². The van der Waals surface area contributed by atoms with E-state index in [1.54, 1.807) is 16.7 Å². The Kier molecular flexibility index (Phi) is 13.7. The van der Waals surface area contributed by atoms with Crippen molar-refractivity contribution in [2.24, 2.45) is 28.6 Å². The lowest BCUT2D eigenvalue weighted by molar-refractivity contribution is 0.376. The molecular formula is C40H60. The second kappa shape index (κ2) is 16.2. The maximum absolute atomic E-state index is 2.40. The highest BCUT2D eigenvalue weighted by molar-refractivity contribution is 5.37. The third kappa shape index (κ3) is 11.6. The van der Waals surface area contributed by atoms with Gasteiger partial charge >= 0.3 is 0 Å². The fourth-order valence-electron chi connectivity index (χ4n) is 6.13. The van der Waals surface area contributed by atoms with Gasteiger partial charge in [0, 0.05) is 0 Å². The molecule has 2 aliphatic rings. The highest BCUT2D eigenvalue weighted by Crippen LogP contribution is 2.41. The quantitative estimate of drug-likeness (QED) is 0.170. The fraction of sp³-hybridized carbons (Fsp3) is 0.550. The van der Waals surface area contributed by atoms with Crippen LogP contribution in [0.2, 0.25) is 0 Å². The second-order valence-corrected chi connectivity index (χ2v) is 14.0. The molecule has 0 N–H and O–H groups in total. The molecule has 0 aromatic carbocycles. The van der Waals surface area contributed by atoms with E-state index in [2.05, 4.69) is 148 Å². The SMILES string of the molecule is CC1=C(/C=C/C(C)=C/C=C/C(C)/C=C/C=C/C(C)C/C=C/C(C)/C=C/C2=C(C)CCCC2(C)C)C(C)(C)CCC1. The summed E-state index contributed by atoms with van der Waals surface area (Å²) >= 11 is 0. The van der Waals surface area contributed by atoms with Crippen molar-refractivity contribution in [1.82, 2.24) is 0 Å². The topological polar surface area (TPSA) is 0 Å². The molecule has 0 aliphatic heterocycles. The first-order valence-electron chi connectivity index (χ1n) is 16.0. The molecule has 220 valence electrons. The third-order valence-corrected chi connectivity index (χ3v) is 8.85. The van der Waals surface area contributed by atoms with Gasteiger partial charge in [-0.2, -0.15) is 0 Å². The Morgan fingerprint density at radius 2 is 1.23 bits per heavy atom. The molecule has 0 aromatic heterocycles. The minimum Gasteiger partial charge on any atom is -0.0874 e. The van der Waals surface area contributed by atoms with Crippen LogP contribution in [0.3, 0.4) is 0 Å². The van der Waals surface area contributed by atoms with Crippen LogP contribution >= 0.6 is 0 Å². The van der Waals surface area contributed by atoms with Gasteiger partial charge < -0.3 is 0 Å². The van der Waals surface area contributed by atoms with Crippen LogP contribution in [0.25, 0.3) is 0 Å². The predicted octanol–water partition coefficient (Wildman–Crippen LogP) is 12.6. The van der Waals surface area contributed by atoms with Gasteiger partial charge in [0.2, 0.25) is 0 Å². The smallest absolute Gasteiger partial charge is 0.00756 e. The first-order chi connectivity index (χ1) is 18.8. The molecule has 2 rings (SSSR count). The number of hydrogen-bond acceptors (Lipinski definition) is 0. The minimum absolute atomic E-state index is 0.300. The van der Waals surface area contributed by atoms with Crippen molar-refractivity contribution in [3.63, 3.8) is 0 Å². The van der Waals surface area contributed by atoms with Gasteiger partial charge in [0.15, 0.2) is 0 Å². The molecule has 40 heavy (non-hydrogen) atoms. The van der Waals surface area contributed by atoms with Gasteiger partial charge in [-0.1, -0.05) is 144 Å². The first-order valence-corrected chi connectivity index (χ1v) is 16.0. The van der Waals surface area contributed by atoms with Gasteiger partial charge in [-0.05, 0) is 105 Å². The molecule has 2 aliphatic carbocycles. The van der Waals surface area contributed by atoms with E-state index in [0.717, 1.165) is 6.42 Å². The van der Waals surface area contributed by atoms with E-state index in [9.17, 15) is 0 Å². The molecule has 0 saturated carbocycles. The maximum atomic E-state index is 2.40. The van der Waals surface area contributed by atoms with Crippen molar-refractivity contribution in [2.45, 2.75) is 114 Å². The highest BCUT2D eigenvalue weighted by atomic mass is 14.3. The molecule has 0 radical (unpaired) electrons. The Labute approximate surface area is 249 Å². The second-order valence-electron chi connectivity index (χ2n) is 14.0. The first kappa shape index (κ1) is 33.9. The molecule has 0 heteroatoms. The van der Waals surface area contributed by atoms with Crippen LogP contribution in [-0.4, -0.2) is 0 Å². The van der Waals surface area contributed by atoms with Gasteiger partial charge in [-0.3, -0.25) is 0 Å². The maximum Gasteiger partial charge on any atom is -0.00756 e. The van der Waals surface area contributed by atoms with Crippen LogP contribution in [0.4, 0.5) is 0 Å². The van der Waals surface area contributed by atoms with E-state index in [-0.39, 0.29) is 0 Å². The van der Waals surface area contributed by atoms with Gasteiger partial charge in [0.25, 0.3) is 0 Å². The van der Waals surface area contributed by atoms with Crippen LogP contribution < -0.4 is 0 Å². The Morgan fingerprint density at radius 3 is 1.82 bits per heavy atom. The molecule has 0 fully saturated rings. The van der Waals surface area contributed by atoms with Crippen molar-refractivity contribution in [1.29, 1.82) is 0 Å². The summed E-state index contributed by atoms with van der Waals surface area (Å²) in [5.74, 6) is 1.42. The number of rotatable bonds is 12. The molecule has 0 heterocycles. The lowest BCUT2D eigenvalue weighted by atomic mass is 9.72. The molecule has 0 saturated heterocycles. The Hall–Kier alpha value is -2.34. The summed E-state index contributed by atoms with van der Waals surface area (Å²) in [4.78, 5) is 0. The molecular weight excluding hydrogens is 480 g/mol. The molecule has 0 amide bonds. The van der Waals surface area contributed by atoms with Crippen LogP contribution in [0.1, 0.15) is 114 Å². The average molecular weight is 541 g/mol. The van der Waals surface area contributed by atoms with Crippen molar-refractivity contribution < 1.29 is 0 Å². The van der Waals surface area contributed by atoms with Crippen LogP contribution in [-0.2, 0) is 0 Å². The zero-order valence-corrected chi connectivity index (χ0v) is 27.7. The summed E-state index contributed by atoms with van der Waals surface area (Å²) in [6.07, 6.45) is 38.6. The Balaban J connectivity index is 1.77. The molecule has 3 atom stereocenters. The van der Waals surface area contributed by atoms with Crippen LogP contribution in [0, 0.1) is 28.6 Å². The Morgan fingerprint density at radius 1 is 0.700 bits per heavy atom. The lowest BCUT2D eigenvalue weighted by Crippen LogP contribution is -2.19. The fourth-order valence-corrected chi connectivity index (χ4v) is 6.13. The van der Waals surface area contributed by atoms with Crippen LogP contribution in [0.5, 0.6) is 0 Å². The summed E-state index contributed by atoms with van der Waals surface area (Å²) in [6, 6.07) is 0. The predicted molar refractivity (Wildman–Crippen MR) is 181 cm³/mol. The standard InChI is InChI=1S/C40H60/c1-31(19-13-21-33(3)25-27-37-35(5)23-15-29-39(37,7)8)17-11-12-18-32(2)20-14-22-34(4)26-28-38-36(6)24-16-30-40(38,9)10/h11-14,17-19,21-22,25-28,31-32,34H,15-16,20,23-24,29-30H2,1-10H3/b17-11+,18-12+,19-13+,22-14+,27-25+,28-26+,33-21+. The van der Waals surface area contributed by atoms with Crippen molar-refractivity contribution >= 4 is 0 Å². The average Bonchev–Trinajstić information content (AvgIpc) is 2.85. The van der Waals surface area contributed by atoms with Gasteiger partial charge in [0.1, 0.15) is 0 Å². The van der Waals surface area contributed by atoms with Crippen molar-refractivity contribution in [2.75, 3.05) is 0 Å². The van der Waals surface area contributed by atoms with Crippen molar-refractivity contribution in [3.8, 4) is 0 Å². The third-order valence-electron chi connectivity index (χ3n) is 8.85. The number of allylic oxidation sites excluding steroid dienone is 18.